The van der Waals surface area contributed by atoms with Crippen LogP contribution in [0.25, 0.3) is 86.6 Å². The van der Waals surface area contributed by atoms with Crippen molar-refractivity contribution in [3.8, 4) is 0 Å². The second-order valence-corrected chi connectivity index (χ2v) is 17.1. The number of rotatable bonds is 2. The van der Waals surface area contributed by atoms with E-state index in [1.165, 1.54) is 70.1 Å². The van der Waals surface area contributed by atoms with Crippen molar-refractivity contribution in [3.05, 3.63) is 200 Å². The van der Waals surface area contributed by atoms with Crippen LogP contribution in [0.3, 0.4) is 0 Å². The van der Waals surface area contributed by atoms with Crippen molar-refractivity contribution in [3.63, 3.8) is 0 Å². The summed E-state index contributed by atoms with van der Waals surface area (Å²) < 4.78 is 14.3. The lowest BCUT2D eigenvalue weighted by Gasteiger charge is -2.40. The fraction of sp³-hybridized carbons (Fsp3) is 0. The van der Waals surface area contributed by atoms with Gasteiger partial charge < -0.3 is 8.83 Å². The van der Waals surface area contributed by atoms with Gasteiger partial charge in [-0.2, -0.15) is 0 Å². The van der Waals surface area contributed by atoms with Crippen molar-refractivity contribution >= 4 is 144 Å². The summed E-state index contributed by atoms with van der Waals surface area (Å²) in [5, 5.41) is 17.0. The molecule has 4 nitrogen and oxygen atoms in total. The van der Waals surface area contributed by atoms with E-state index in [1.807, 2.05) is 0 Å². The normalized spacial score (nSPS) is 13.3. The number of benzene rings is 11. The largest absolute Gasteiger partial charge is 0.440 e. The van der Waals surface area contributed by atoms with Crippen molar-refractivity contribution in [1.29, 1.82) is 0 Å². The molecule has 63 heavy (non-hydrogen) atoms. The second kappa shape index (κ2) is 12.2. The molecule has 4 heterocycles. The summed E-state index contributed by atoms with van der Waals surface area (Å²) in [4.78, 5) is 4.80. The third-order valence-corrected chi connectivity index (χ3v) is 14.0. The van der Waals surface area contributed by atoms with E-state index in [-0.39, 0.29) is 6.71 Å². The van der Waals surface area contributed by atoms with Gasteiger partial charge in [0.15, 0.2) is 0 Å². The number of fused-ring (bicyclic) bond motifs is 20. The molecule has 2 aromatic heterocycles. The van der Waals surface area contributed by atoms with Gasteiger partial charge in [-0.25, -0.2) is 0 Å². The Hall–Kier alpha value is -8.28. The molecule has 0 fully saturated rings. The predicted octanol–water partition coefficient (Wildman–Crippen LogP) is 14.2. The molecule has 0 radical (unpaired) electrons. The first-order chi connectivity index (χ1) is 31.3. The number of hydrogen-bond donors (Lipinski definition) is 0. The zero-order valence-electron chi connectivity index (χ0n) is 33.8. The van der Waals surface area contributed by atoms with Crippen LogP contribution in [-0.2, 0) is 0 Å². The Labute approximate surface area is 361 Å². The standard InChI is InChI=1S/C58H33BN2O2/c1-2-17-37-35(15-1)36-16-4-6-21-41(36)47-33-34(31-32-42(37)47)60-49-27-14-28-50-56(49)59(54-45-23-9-11-29-51(45)62-57(54)60)55-46-24-10-12-30-52(46)63-58(55)61(50)48-26-13-25-44-40-19-5-3-18-38(40)39-20-7-8-22-43(39)53(44)48/h1-33H. The van der Waals surface area contributed by atoms with Gasteiger partial charge in [0.05, 0.1) is 5.69 Å². The number of furan rings is 2. The molecule has 0 N–H and O–H groups in total. The Morgan fingerprint density at radius 3 is 1.22 bits per heavy atom. The number of nitrogens with zero attached hydrogens (tertiary/aromatic N) is 2. The lowest BCUT2D eigenvalue weighted by atomic mass is 9.33. The first-order valence-electron chi connectivity index (χ1n) is 21.7. The molecule has 2 aliphatic rings. The van der Waals surface area contributed by atoms with Gasteiger partial charge in [-0.05, 0) is 107 Å². The average Bonchev–Trinajstić information content (AvgIpc) is 3.93. The van der Waals surface area contributed by atoms with E-state index in [4.69, 9.17) is 8.83 Å². The van der Waals surface area contributed by atoms with Crippen LogP contribution in [0, 0.1) is 0 Å². The SMILES string of the molecule is c1cc2c3c(c1)N(c1cccc4c5ccccc5c5ccccc5c14)c1oc4ccccc4c1B3c1c(oc3ccccc13)N2c1ccc2c3ccccc3c3ccccc3c2c1. The first-order valence-corrected chi connectivity index (χ1v) is 21.7. The third kappa shape index (κ3) is 4.31. The topological polar surface area (TPSA) is 32.8 Å². The summed E-state index contributed by atoms with van der Waals surface area (Å²) in [5.41, 5.74) is 9.56. The van der Waals surface area contributed by atoms with Crippen LogP contribution >= 0.6 is 0 Å². The highest BCUT2D eigenvalue weighted by molar-refractivity contribution is 7.02. The van der Waals surface area contributed by atoms with E-state index in [0.29, 0.717) is 0 Å². The zero-order chi connectivity index (χ0) is 40.9. The first kappa shape index (κ1) is 33.4. The highest BCUT2D eigenvalue weighted by Crippen LogP contribution is 2.50. The minimum absolute atomic E-state index is 0.168. The molecule has 5 heteroatoms. The average molecular weight is 801 g/mol. The molecule has 0 spiro atoms. The van der Waals surface area contributed by atoms with E-state index >= 15 is 0 Å². The Balaban J connectivity index is 1.08. The highest BCUT2D eigenvalue weighted by Gasteiger charge is 2.48. The Morgan fingerprint density at radius 1 is 0.286 bits per heavy atom. The summed E-state index contributed by atoms with van der Waals surface area (Å²) in [6.07, 6.45) is 0. The van der Waals surface area contributed by atoms with Gasteiger partial charge in [-0.3, -0.25) is 9.80 Å². The van der Waals surface area contributed by atoms with Gasteiger partial charge in [0.2, 0.25) is 11.8 Å². The lowest BCUT2D eigenvalue weighted by molar-refractivity contribution is 0.621. The van der Waals surface area contributed by atoms with E-state index in [0.717, 1.165) is 67.4 Å². The van der Waals surface area contributed by atoms with Gasteiger partial charge in [0, 0.05) is 44.1 Å². The van der Waals surface area contributed by atoms with Crippen molar-refractivity contribution in [2.75, 3.05) is 9.80 Å². The van der Waals surface area contributed by atoms with Crippen LogP contribution < -0.4 is 26.2 Å². The molecule has 0 bridgehead atoms. The van der Waals surface area contributed by atoms with Crippen molar-refractivity contribution in [2.45, 2.75) is 0 Å². The quantitative estimate of drug-likeness (QED) is 0.129. The van der Waals surface area contributed by atoms with Crippen molar-refractivity contribution in [1.82, 2.24) is 0 Å². The fourth-order valence-corrected chi connectivity index (χ4v) is 11.5. The van der Waals surface area contributed by atoms with Crippen LogP contribution in [0.5, 0.6) is 0 Å². The van der Waals surface area contributed by atoms with Gasteiger partial charge in [-0.1, -0.05) is 158 Å². The third-order valence-electron chi connectivity index (χ3n) is 14.0. The van der Waals surface area contributed by atoms with Gasteiger partial charge in [0.1, 0.15) is 11.2 Å². The molecular formula is C58H33BN2O2. The summed E-state index contributed by atoms with van der Waals surface area (Å²) in [6, 6.07) is 72.8. The maximum Gasteiger partial charge on any atom is 0.262 e. The van der Waals surface area contributed by atoms with Gasteiger partial charge in [-0.15, -0.1) is 0 Å². The molecular weight excluding hydrogens is 767 g/mol. The van der Waals surface area contributed by atoms with Crippen LogP contribution in [0.4, 0.5) is 34.5 Å². The Bertz CT molecular complexity index is 4060. The summed E-state index contributed by atoms with van der Waals surface area (Å²) in [5.74, 6) is 1.67. The molecule has 2 aliphatic heterocycles. The lowest BCUT2D eigenvalue weighted by Crippen LogP contribution is -2.60. The summed E-state index contributed by atoms with van der Waals surface area (Å²) in [6.45, 7) is -0.168. The molecule has 0 atom stereocenters. The molecule has 0 amide bonds. The summed E-state index contributed by atoms with van der Waals surface area (Å²) >= 11 is 0. The molecule has 0 unspecified atom stereocenters. The molecule has 13 aromatic rings. The Kier molecular flexibility index (Phi) is 6.47. The van der Waals surface area contributed by atoms with Crippen LogP contribution in [0.2, 0.25) is 0 Å². The van der Waals surface area contributed by atoms with Gasteiger partial charge >= 0.3 is 0 Å². The fourth-order valence-electron chi connectivity index (χ4n) is 11.5. The van der Waals surface area contributed by atoms with Crippen LogP contribution in [0.1, 0.15) is 0 Å². The number of hydrogen-bond acceptors (Lipinski definition) is 4. The molecule has 0 saturated heterocycles. The molecule has 0 aliphatic carbocycles. The maximum absolute atomic E-state index is 7.18. The molecule has 11 aromatic carbocycles. The molecule has 0 saturated carbocycles. The smallest absolute Gasteiger partial charge is 0.262 e. The summed E-state index contributed by atoms with van der Waals surface area (Å²) in [7, 11) is 0. The van der Waals surface area contributed by atoms with Crippen LogP contribution in [-0.4, -0.2) is 6.71 Å². The number of para-hydroxylation sites is 2. The van der Waals surface area contributed by atoms with E-state index in [1.54, 1.807) is 0 Å². The Morgan fingerprint density at radius 2 is 0.667 bits per heavy atom. The zero-order valence-corrected chi connectivity index (χ0v) is 33.8. The monoisotopic (exact) mass is 800 g/mol. The minimum Gasteiger partial charge on any atom is -0.440 e. The maximum atomic E-state index is 7.18. The number of anilines is 6. The molecule has 290 valence electrons. The second-order valence-electron chi connectivity index (χ2n) is 17.1. The van der Waals surface area contributed by atoms with Crippen molar-refractivity contribution in [2.24, 2.45) is 0 Å². The van der Waals surface area contributed by atoms with E-state index in [9.17, 15) is 0 Å². The van der Waals surface area contributed by atoms with Crippen LogP contribution in [0.15, 0.2) is 209 Å². The van der Waals surface area contributed by atoms with E-state index in [2.05, 4.69) is 210 Å². The van der Waals surface area contributed by atoms with Crippen molar-refractivity contribution < 1.29 is 8.83 Å². The highest BCUT2D eigenvalue weighted by atomic mass is 16.4. The predicted molar refractivity (Wildman–Crippen MR) is 265 cm³/mol. The van der Waals surface area contributed by atoms with E-state index < -0.39 is 0 Å². The van der Waals surface area contributed by atoms with Gasteiger partial charge in [0.25, 0.3) is 6.71 Å². The molecule has 15 rings (SSSR count). The minimum atomic E-state index is -0.168.